The van der Waals surface area contributed by atoms with Gasteiger partial charge in [-0.1, -0.05) is 0 Å². The van der Waals surface area contributed by atoms with Crippen LogP contribution in [0, 0.1) is 0 Å². The van der Waals surface area contributed by atoms with Gasteiger partial charge in [-0.15, -0.1) is 0 Å². The highest BCUT2D eigenvalue weighted by atomic mass is 79.9. The van der Waals surface area contributed by atoms with E-state index in [9.17, 15) is 14.4 Å². The second-order valence-electron chi connectivity index (χ2n) is 3.31. The Bertz CT molecular complexity index is 458. The topological polar surface area (TPSA) is 108 Å². The summed E-state index contributed by atoms with van der Waals surface area (Å²) >= 11 is 3.14. The van der Waals surface area contributed by atoms with Gasteiger partial charge in [-0.25, -0.2) is 4.98 Å². The minimum atomic E-state index is -1.29. The quantitative estimate of drug-likeness (QED) is 0.816. The molecule has 0 saturated heterocycles. The Morgan fingerprint density at radius 1 is 1.17 bits per heavy atom. The van der Waals surface area contributed by atoms with Crippen LogP contribution in [0.1, 0.15) is 10.5 Å². The lowest BCUT2D eigenvalue weighted by Crippen LogP contribution is -2.39. The van der Waals surface area contributed by atoms with Gasteiger partial charge >= 0.3 is 11.9 Å². The lowest BCUT2D eigenvalue weighted by Gasteiger charge is -2.17. The van der Waals surface area contributed by atoms with Crippen LogP contribution in [0.4, 0.5) is 0 Å². The van der Waals surface area contributed by atoms with Gasteiger partial charge in [0.25, 0.3) is 5.91 Å². The summed E-state index contributed by atoms with van der Waals surface area (Å²) in [5, 5.41) is 17.2. The number of halogens is 1. The first-order chi connectivity index (χ1) is 8.40. The summed E-state index contributed by atoms with van der Waals surface area (Å²) < 4.78 is 0.655. The van der Waals surface area contributed by atoms with Crippen LogP contribution >= 0.6 is 15.9 Å². The highest BCUT2D eigenvalue weighted by molar-refractivity contribution is 9.10. The molecule has 96 valence electrons. The predicted molar refractivity (Wildman–Crippen MR) is 63.1 cm³/mol. The van der Waals surface area contributed by atoms with Gasteiger partial charge in [-0.2, -0.15) is 0 Å². The number of carboxylic acids is 2. The van der Waals surface area contributed by atoms with E-state index < -0.39 is 30.9 Å². The number of aliphatic carboxylic acids is 2. The van der Waals surface area contributed by atoms with Crippen molar-refractivity contribution in [1.29, 1.82) is 0 Å². The minimum Gasteiger partial charge on any atom is -0.480 e. The van der Waals surface area contributed by atoms with Gasteiger partial charge in [0.15, 0.2) is 0 Å². The number of rotatable bonds is 5. The van der Waals surface area contributed by atoms with E-state index in [4.69, 9.17) is 10.2 Å². The third-order valence-corrected chi connectivity index (χ3v) is 2.36. The van der Waals surface area contributed by atoms with E-state index in [0.717, 1.165) is 0 Å². The molecule has 0 unspecified atom stereocenters. The fraction of sp³-hybridized carbons (Fsp3) is 0.200. The van der Waals surface area contributed by atoms with Crippen LogP contribution in [0.3, 0.4) is 0 Å². The van der Waals surface area contributed by atoms with E-state index in [-0.39, 0.29) is 5.69 Å². The number of hydrogen-bond acceptors (Lipinski definition) is 4. The number of hydrogen-bond donors (Lipinski definition) is 2. The predicted octanol–water partition coefficient (Wildman–Crippen LogP) is 0.455. The zero-order chi connectivity index (χ0) is 13.7. The third kappa shape index (κ3) is 4.13. The van der Waals surface area contributed by atoms with Crippen molar-refractivity contribution in [3.63, 3.8) is 0 Å². The second-order valence-corrected chi connectivity index (χ2v) is 4.23. The second kappa shape index (κ2) is 6.10. The zero-order valence-electron chi connectivity index (χ0n) is 9.04. The van der Waals surface area contributed by atoms with Gasteiger partial charge in [0.2, 0.25) is 0 Å². The maximum atomic E-state index is 11.8. The van der Waals surface area contributed by atoms with Crippen molar-refractivity contribution in [3.05, 3.63) is 28.5 Å². The number of carbonyl (C=O) groups excluding carboxylic acids is 1. The zero-order valence-corrected chi connectivity index (χ0v) is 10.6. The Hall–Kier alpha value is -1.96. The molecule has 1 amide bonds. The Morgan fingerprint density at radius 3 is 2.11 bits per heavy atom. The maximum absolute atomic E-state index is 11.8. The van der Waals surface area contributed by atoms with Crippen molar-refractivity contribution in [1.82, 2.24) is 9.88 Å². The highest BCUT2D eigenvalue weighted by Gasteiger charge is 2.21. The van der Waals surface area contributed by atoms with Crippen LogP contribution < -0.4 is 0 Å². The molecular weight excluding hydrogens is 308 g/mol. The molecule has 0 aliphatic rings. The van der Waals surface area contributed by atoms with Crippen LogP contribution in [0.25, 0.3) is 0 Å². The molecule has 0 aliphatic heterocycles. The molecule has 18 heavy (non-hydrogen) atoms. The van der Waals surface area contributed by atoms with E-state index >= 15 is 0 Å². The molecule has 0 aliphatic carbocycles. The van der Waals surface area contributed by atoms with Crippen molar-refractivity contribution in [2.45, 2.75) is 0 Å². The van der Waals surface area contributed by atoms with Crippen LogP contribution in [0.5, 0.6) is 0 Å². The SMILES string of the molecule is O=C(O)CN(CC(=O)O)C(=O)c1ccc(Br)cn1. The monoisotopic (exact) mass is 316 g/mol. The van der Waals surface area contributed by atoms with E-state index in [2.05, 4.69) is 20.9 Å². The highest BCUT2D eigenvalue weighted by Crippen LogP contribution is 2.09. The van der Waals surface area contributed by atoms with Crippen molar-refractivity contribution < 1.29 is 24.6 Å². The fourth-order valence-corrected chi connectivity index (χ4v) is 1.42. The first kappa shape index (κ1) is 14.1. The smallest absolute Gasteiger partial charge is 0.323 e. The van der Waals surface area contributed by atoms with Crippen molar-refractivity contribution in [3.8, 4) is 0 Å². The molecule has 0 atom stereocenters. The fourth-order valence-electron chi connectivity index (χ4n) is 1.19. The molecule has 1 heterocycles. The molecular formula is C10H9BrN2O5. The lowest BCUT2D eigenvalue weighted by molar-refractivity contribution is -0.140. The number of carboxylic acid groups (broad SMARTS) is 2. The summed E-state index contributed by atoms with van der Waals surface area (Å²) in [5.41, 5.74) is -0.0132. The first-order valence-electron chi connectivity index (χ1n) is 4.74. The molecule has 1 aromatic rings. The number of pyridine rings is 1. The van der Waals surface area contributed by atoms with Crippen LogP contribution in [0.2, 0.25) is 0 Å². The molecule has 0 bridgehead atoms. The molecule has 8 heteroatoms. The number of amides is 1. The Kier molecular flexibility index (Phi) is 4.78. The largest absolute Gasteiger partial charge is 0.480 e. The van der Waals surface area contributed by atoms with E-state index in [0.29, 0.717) is 9.37 Å². The maximum Gasteiger partial charge on any atom is 0.323 e. The summed E-state index contributed by atoms with van der Waals surface area (Å²) in [7, 11) is 0. The summed E-state index contributed by atoms with van der Waals surface area (Å²) in [6.07, 6.45) is 1.37. The van der Waals surface area contributed by atoms with E-state index in [1.165, 1.54) is 12.3 Å². The average molecular weight is 317 g/mol. The standard InChI is InChI=1S/C10H9BrN2O5/c11-6-1-2-7(12-3-6)10(18)13(4-8(14)15)5-9(16)17/h1-3H,4-5H2,(H,14,15)(H,16,17). The third-order valence-electron chi connectivity index (χ3n) is 1.89. The van der Waals surface area contributed by atoms with Gasteiger partial charge < -0.3 is 15.1 Å². The van der Waals surface area contributed by atoms with E-state index in [1.54, 1.807) is 6.07 Å². The summed E-state index contributed by atoms with van der Waals surface area (Å²) in [6, 6.07) is 2.93. The van der Waals surface area contributed by atoms with Gasteiger partial charge in [-0.05, 0) is 28.1 Å². The van der Waals surface area contributed by atoms with Crippen molar-refractivity contribution in [2.75, 3.05) is 13.1 Å². The molecule has 0 radical (unpaired) electrons. The van der Waals surface area contributed by atoms with Gasteiger partial charge in [0.1, 0.15) is 18.8 Å². The van der Waals surface area contributed by atoms with Crippen molar-refractivity contribution >= 4 is 33.8 Å². The Balaban J connectivity index is 2.90. The van der Waals surface area contributed by atoms with Crippen LogP contribution in [-0.4, -0.2) is 51.0 Å². The first-order valence-corrected chi connectivity index (χ1v) is 5.54. The summed E-state index contributed by atoms with van der Waals surface area (Å²) in [4.78, 5) is 37.5. The molecule has 0 aromatic carbocycles. The van der Waals surface area contributed by atoms with Crippen molar-refractivity contribution in [2.24, 2.45) is 0 Å². The Morgan fingerprint density at radius 2 is 1.72 bits per heavy atom. The molecule has 0 saturated carbocycles. The van der Waals surface area contributed by atoms with E-state index in [1.807, 2.05) is 0 Å². The molecule has 1 aromatic heterocycles. The molecule has 2 N–H and O–H groups in total. The summed E-state index contributed by atoms with van der Waals surface area (Å²) in [5.74, 6) is -3.32. The van der Waals surface area contributed by atoms with Gasteiger partial charge in [-0.3, -0.25) is 14.4 Å². The number of nitrogens with zero attached hydrogens (tertiary/aromatic N) is 2. The average Bonchev–Trinajstić information content (AvgIpc) is 2.27. The molecule has 0 fully saturated rings. The summed E-state index contributed by atoms with van der Waals surface area (Å²) in [6.45, 7) is -1.38. The normalized spacial score (nSPS) is 9.83. The molecule has 7 nitrogen and oxygen atoms in total. The molecule has 0 spiro atoms. The van der Waals surface area contributed by atoms with Gasteiger partial charge in [0, 0.05) is 10.7 Å². The number of carbonyl (C=O) groups is 3. The van der Waals surface area contributed by atoms with Gasteiger partial charge in [0.05, 0.1) is 0 Å². The molecule has 1 rings (SSSR count). The van der Waals surface area contributed by atoms with Crippen LogP contribution in [0.15, 0.2) is 22.8 Å². The lowest BCUT2D eigenvalue weighted by atomic mass is 10.3. The Labute approximate surface area is 110 Å². The van der Waals surface area contributed by atoms with Crippen LogP contribution in [-0.2, 0) is 9.59 Å². The number of aromatic nitrogens is 1. The minimum absolute atomic E-state index is 0.0132.